The SMILES string of the molecule is C=CCNC(=NCCc1ccco1)N1CCC(c2ccccc2)C1. The number of guanidine groups is 1. The maximum Gasteiger partial charge on any atom is 0.194 e. The van der Waals surface area contributed by atoms with Crippen molar-refractivity contribution in [2.75, 3.05) is 26.2 Å². The molecule has 24 heavy (non-hydrogen) atoms. The van der Waals surface area contributed by atoms with E-state index in [1.165, 1.54) is 5.56 Å². The smallest absolute Gasteiger partial charge is 0.194 e. The van der Waals surface area contributed by atoms with E-state index in [2.05, 4.69) is 47.1 Å². The average Bonchev–Trinajstić information content (AvgIpc) is 3.30. The highest BCUT2D eigenvalue weighted by molar-refractivity contribution is 5.80. The summed E-state index contributed by atoms with van der Waals surface area (Å²) < 4.78 is 5.38. The van der Waals surface area contributed by atoms with Gasteiger partial charge >= 0.3 is 0 Å². The number of hydrogen-bond acceptors (Lipinski definition) is 2. The largest absolute Gasteiger partial charge is 0.469 e. The third-order valence-corrected chi connectivity index (χ3v) is 4.36. The molecule has 0 saturated carbocycles. The van der Waals surface area contributed by atoms with Gasteiger partial charge < -0.3 is 14.6 Å². The van der Waals surface area contributed by atoms with Gasteiger partial charge in [0.05, 0.1) is 6.26 Å². The molecule has 4 heteroatoms. The fraction of sp³-hybridized carbons (Fsp3) is 0.350. The molecule has 0 spiro atoms. The summed E-state index contributed by atoms with van der Waals surface area (Å²) in [4.78, 5) is 7.12. The van der Waals surface area contributed by atoms with Crippen molar-refractivity contribution in [1.29, 1.82) is 0 Å². The first-order chi connectivity index (χ1) is 11.9. The summed E-state index contributed by atoms with van der Waals surface area (Å²) in [5.74, 6) is 2.53. The van der Waals surface area contributed by atoms with Crippen LogP contribution in [-0.4, -0.2) is 37.0 Å². The van der Waals surface area contributed by atoms with E-state index in [9.17, 15) is 0 Å². The number of furan rings is 1. The highest BCUT2D eigenvalue weighted by atomic mass is 16.3. The van der Waals surface area contributed by atoms with Crippen molar-refractivity contribution < 1.29 is 4.42 Å². The molecule has 0 radical (unpaired) electrons. The standard InChI is InChI=1S/C20H25N3O/c1-2-12-21-20(22-13-10-19-9-6-15-24-19)23-14-11-18(16-23)17-7-4-3-5-8-17/h2-9,15,18H,1,10-14,16H2,(H,21,22). The molecule has 4 nitrogen and oxygen atoms in total. The Morgan fingerprint density at radius 3 is 2.92 bits per heavy atom. The molecule has 2 aromatic rings. The number of hydrogen-bond donors (Lipinski definition) is 1. The second-order valence-electron chi connectivity index (χ2n) is 6.05. The van der Waals surface area contributed by atoms with Crippen molar-refractivity contribution in [1.82, 2.24) is 10.2 Å². The van der Waals surface area contributed by atoms with Crippen LogP contribution < -0.4 is 5.32 Å². The van der Waals surface area contributed by atoms with Gasteiger partial charge in [0.1, 0.15) is 5.76 Å². The molecule has 0 bridgehead atoms. The number of rotatable bonds is 6. The van der Waals surface area contributed by atoms with Gasteiger partial charge in [0.2, 0.25) is 0 Å². The van der Waals surface area contributed by atoms with Crippen molar-refractivity contribution in [3.05, 3.63) is 72.7 Å². The molecule has 1 atom stereocenters. The van der Waals surface area contributed by atoms with E-state index >= 15 is 0 Å². The Hall–Kier alpha value is -2.49. The fourth-order valence-electron chi connectivity index (χ4n) is 3.11. The van der Waals surface area contributed by atoms with Gasteiger partial charge in [-0.2, -0.15) is 0 Å². The summed E-state index contributed by atoms with van der Waals surface area (Å²) in [6.45, 7) is 7.28. The lowest BCUT2D eigenvalue weighted by Crippen LogP contribution is -2.40. The van der Waals surface area contributed by atoms with Gasteiger partial charge in [0, 0.05) is 38.5 Å². The minimum absolute atomic E-state index is 0.576. The van der Waals surface area contributed by atoms with E-state index in [0.717, 1.165) is 50.7 Å². The van der Waals surface area contributed by atoms with Crippen molar-refractivity contribution in [3.63, 3.8) is 0 Å². The average molecular weight is 323 g/mol. The summed E-state index contributed by atoms with van der Waals surface area (Å²) in [6, 6.07) is 14.7. The Bertz CT molecular complexity index is 649. The van der Waals surface area contributed by atoms with Crippen molar-refractivity contribution in [2.45, 2.75) is 18.8 Å². The van der Waals surface area contributed by atoms with Crippen LogP contribution in [0.4, 0.5) is 0 Å². The lowest BCUT2D eigenvalue weighted by Gasteiger charge is -2.21. The van der Waals surface area contributed by atoms with Crippen molar-refractivity contribution in [3.8, 4) is 0 Å². The maximum absolute atomic E-state index is 5.38. The van der Waals surface area contributed by atoms with Crippen LogP contribution in [0.15, 0.2) is 70.8 Å². The Morgan fingerprint density at radius 2 is 2.17 bits per heavy atom. The highest BCUT2D eigenvalue weighted by Crippen LogP contribution is 2.26. The van der Waals surface area contributed by atoms with Crippen LogP contribution in [0.25, 0.3) is 0 Å². The molecule has 126 valence electrons. The van der Waals surface area contributed by atoms with Crippen molar-refractivity contribution >= 4 is 5.96 Å². The third-order valence-electron chi connectivity index (χ3n) is 4.36. The van der Waals surface area contributed by atoms with Gasteiger partial charge in [-0.25, -0.2) is 0 Å². The van der Waals surface area contributed by atoms with Gasteiger partial charge in [-0.05, 0) is 24.1 Å². The van der Waals surface area contributed by atoms with Gasteiger partial charge in [-0.15, -0.1) is 6.58 Å². The molecule has 1 fully saturated rings. The number of nitrogens with one attached hydrogen (secondary N) is 1. The quantitative estimate of drug-likeness (QED) is 0.503. The first kappa shape index (κ1) is 16.4. The zero-order chi connectivity index (χ0) is 16.6. The van der Waals surface area contributed by atoms with Crippen LogP contribution in [0.5, 0.6) is 0 Å². The predicted octanol–water partition coefficient (Wildman–Crippen LogP) is 3.44. The molecule has 1 aliphatic heterocycles. The monoisotopic (exact) mass is 323 g/mol. The molecule has 1 aromatic heterocycles. The molecule has 3 rings (SSSR count). The lowest BCUT2D eigenvalue weighted by molar-refractivity contribution is 0.484. The summed E-state index contributed by atoms with van der Waals surface area (Å²) >= 11 is 0. The van der Waals surface area contributed by atoms with E-state index in [-0.39, 0.29) is 0 Å². The molecule has 0 aliphatic carbocycles. The predicted molar refractivity (Wildman–Crippen MR) is 98.3 cm³/mol. The van der Waals surface area contributed by atoms with Crippen LogP contribution in [0.1, 0.15) is 23.7 Å². The van der Waals surface area contributed by atoms with Gasteiger partial charge in [-0.3, -0.25) is 4.99 Å². The summed E-state index contributed by atoms with van der Waals surface area (Å²) in [5.41, 5.74) is 1.42. The van der Waals surface area contributed by atoms with Gasteiger partial charge in [0.15, 0.2) is 5.96 Å². The minimum Gasteiger partial charge on any atom is -0.469 e. The Balaban J connectivity index is 1.61. The topological polar surface area (TPSA) is 40.8 Å². The Kier molecular flexibility index (Phi) is 5.72. The lowest BCUT2D eigenvalue weighted by atomic mass is 9.99. The molecule has 1 unspecified atom stereocenters. The zero-order valence-corrected chi connectivity index (χ0v) is 14.0. The van der Waals surface area contributed by atoms with Crippen molar-refractivity contribution in [2.24, 2.45) is 4.99 Å². The fourth-order valence-corrected chi connectivity index (χ4v) is 3.11. The summed E-state index contributed by atoms with van der Waals surface area (Å²) in [6.07, 6.45) is 5.56. The number of aliphatic imine (C=N–C) groups is 1. The molecule has 0 amide bonds. The maximum atomic E-state index is 5.38. The van der Waals surface area contributed by atoms with Crippen LogP contribution in [0, 0.1) is 0 Å². The highest BCUT2D eigenvalue weighted by Gasteiger charge is 2.25. The third kappa shape index (κ3) is 4.28. The molecule has 1 N–H and O–H groups in total. The molecule has 1 aliphatic rings. The molecular weight excluding hydrogens is 298 g/mol. The van der Waals surface area contributed by atoms with Crippen LogP contribution in [0.2, 0.25) is 0 Å². The second kappa shape index (κ2) is 8.39. The summed E-state index contributed by atoms with van der Waals surface area (Å²) in [5, 5.41) is 3.39. The Morgan fingerprint density at radius 1 is 1.29 bits per heavy atom. The molecule has 2 heterocycles. The van der Waals surface area contributed by atoms with E-state index < -0.39 is 0 Å². The minimum atomic E-state index is 0.576. The zero-order valence-electron chi connectivity index (χ0n) is 14.0. The van der Waals surface area contributed by atoms with Gasteiger partial charge in [-0.1, -0.05) is 36.4 Å². The van der Waals surface area contributed by atoms with Crippen LogP contribution in [-0.2, 0) is 6.42 Å². The number of benzene rings is 1. The number of nitrogens with zero attached hydrogens (tertiary/aromatic N) is 2. The van der Waals surface area contributed by atoms with Crippen LogP contribution in [0.3, 0.4) is 0 Å². The molecule has 1 aromatic carbocycles. The second-order valence-corrected chi connectivity index (χ2v) is 6.05. The van der Waals surface area contributed by atoms with E-state index in [0.29, 0.717) is 5.92 Å². The molecular formula is C20H25N3O. The van der Waals surface area contributed by atoms with Gasteiger partial charge in [0.25, 0.3) is 0 Å². The summed E-state index contributed by atoms with van der Waals surface area (Å²) in [7, 11) is 0. The Labute approximate surface area is 143 Å². The van der Waals surface area contributed by atoms with E-state index in [1.54, 1.807) is 6.26 Å². The molecule has 1 saturated heterocycles. The normalized spacial score (nSPS) is 17.9. The van der Waals surface area contributed by atoms with E-state index in [4.69, 9.17) is 9.41 Å². The first-order valence-corrected chi connectivity index (χ1v) is 8.58. The number of likely N-dealkylation sites (tertiary alicyclic amines) is 1. The van der Waals surface area contributed by atoms with E-state index in [1.807, 2.05) is 18.2 Å². The van der Waals surface area contributed by atoms with Crippen LogP contribution >= 0.6 is 0 Å². The first-order valence-electron chi connectivity index (χ1n) is 8.58.